The van der Waals surface area contributed by atoms with E-state index in [-0.39, 0.29) is 0 Å². The third-order valence-electron chi connectivity index (χ3n) is 3.34. The standard InChI is InChI=1S/C17H16N4O/c1-22-16-9-7-13(8-10-16)17-14(11-19-18)12-21(20-17)15-5-3-2-4-6-15/h2-12H,18H2,1H3/b19-11-. The van der Waals surface area contributed by atoms with Gasteiger partial charge in [0.05, 0.1) is 19.0 Å². The predicted molar refractivity (Wildman–Crippen MR) is 87.3 cm³/mol. The van der Waals surface area contributed by atoms with Gasteiger partial charge >= 0.3 is 0 Å². The Bertz CT molecular complexity index is 776. The summed E-state index contributed by atoms with van der Waals surface area (Å²) in [6.45, 7) is 0. The maximum absolute atomic E-state index is 5.31. The van der Waals surface area contributed by atoms with Crippen LogP contribution in [0.4, 0.5) is 0 Å². The van der Waals surface area contributed by atoms with Gasteiger partial charge in [-0.3, -0.25) is 0 Å². The lowest BCUT2D eigenvalue weighted by Crippen LogP contribution is -1.94. The summed E-state index contributed by atoms with van der Waals surface area (Å²) in [7, 11) is 1.64. The monoisotopic (exact) mass is 292 g/mol. The molecule has 5 heteroatoms. The van der Waals surface area contributed by atoms with Gasteiger partial charge in [0.1, 0.15) is 11.4 Å². The smallest absolute Gasteiger partial charge is 0.118 e. The van der Waals surface area contributed by atoms with Gasteiger partial charge in [0.2, 0.25) is 0 Å². The van der Waals surface area contributed by atoms with Crippen LogP contribution < -0.4 is 10.6 Å². The Morgan fingerprint density at radius 2 is 1.82 bits per heavy atom. The third kappa shape index (κ3) is 2.69. The molecule has 3 rings (SSSR count). The van der Waals surface area contributed by atoms with E-state index in [1.165, 1.54) is 0 Å². The number of aromatic nitrogens is 2. The number of rotatable bonds is 4. The Balaban J connectivity index is 2.07. The van der Waals surface area contributed by atoms with Gasteiger partial charge in [-0.15, -0.1) is 0 Å². The van der Waals surface area contributed by atoms with Gasteiger partial charge in [-0.2, -0.15) is 10.2 Å². The highest BCUT2D eigenvalue weighted by atomic mass is 16.5. The number of hydrogen-bond donors (Lipinski definition) is 1. The summed E-state index contributed by atoms with van der Waals surface area (Å²) in [5, 5.41) is 8.28. The SMILES string of the molecule is COc1ccc(-c2nn(-c3ccccc3)cc2/C=N\N)cc1. The highest BCUT2D eigenvalue weighted by molar-refractivity contribution is 5.88. The lowest BCUT2D eigenvalue weighted by Gasteiger charge is -2.02. The zero-order chi connectivity index (χ0) is 15.4. The van der Waals surface area contributed by atoms with Crippen molar-refractivity contribution in [2.75, 3.05) is 7.11 Å². The van der Waals surface area contributed by atoms with E-state index >= 15 is 0 Å². The second kappa shape index (κ2) is 6.13. The van der Waals surface area contributed by atoms with Crippen molar-refractivity contribution in [3.8, 4) is 22.7 Å². The van der Waals surface area contributed by atoms with Crippen molar-refractivity contribution >= 4 is 6.21 Å². The molecule has 0 aliphatic rings. The summed E-state index contributed by atoms with van der Waals surface area (Å²) in [5.74, 6) is 6.12. The minimum absolute atomic E-state index is 0.806. The first-order chi connectivity index (χ1) is 10.8. The van der Waals surface area contributed by atoms with E-state index in [9.17, 15) is 0 Å². The lowest BCUT2D eigenvalue weighted by molar-refractivity contribution is 0.415. The second-order valence-electron chi connectivity index (χ2n) is 4.72. The second-order valence-corrected chi connectivity index (χ2v) is 4.72. The molecule has 0 radical (unpaired) electrons. The van der Waals surface area contributed by atoms with Crippen LogP contribution in [0.15, 0.2) is 65.9 Å². The van der Waals surface area contributed by atoms with Crippen LogP contribution in [0.5, 0.6) is 5.75 Å². The Kier molecular flexibility index (Phi) is 3.87. The molecule has 0 aliphatic heterocycles. The summed E-state index contributed by atoms with van der Waals surface area (Å²) in [5.41, 5.74) is 3.64. The normalized spacial score (nSPS) is 11.0. The first-order valence-electron chi connectivity index (χ1n) is 6.84. The van der Waals surface area contributed by atoms with E-state index in [4.69, 9.17) is 10.6 Å². The molecule has 0 fully saturated rings. The fraction of sp³-hybridized carbons (Fsp3) is 0.0588. The number of methoxy groups -OCH3 is 1. The largest absolute Gasteiger partial charge is 0.497 e. The molecular weight excluding hydrogens is 276 g/mol. The van der Waals surface area contributed by atoms with Crippen LogP contribution >= 0.6 is 0 Å². The van der Waals surface area contributed by atoms with Crippen LogP contribution in [0.1, 0.15) is 5.56 Å². The van der Waals surface area contributed by atoms with Gasteiger partial charge in [-0.05, 0) is 36.4 Å². The molecule has 0 bridgehead atoms. The molecule has 0 atom stereocenters. The molecule has 0 saturated heterocycles. The van der Waals surface area contributed by atoms with Gasteiger partial charge in [-0.25, -0.2) is 4.68 Å². The van der Waals surface area contributed by atoms with Crippen molar-refractivity contribution < 1.29 is 4.74 Å². The molecular formula is C17H16N4O. The summed E-state index contributed by atoms with van der Waals surface area (Å²) >= 11 is 0. The molecule has 0 spiro atoms. The van der Waals surface area contributed by atoms with Crippen LogP contribution in [0.2, 0.25) is 0 Å². The zero-order valence-corrected chi connectivity index (χ0v) is 12.2. The molecule has 0 saturated carbocycles. The van der Waals surface area contributed by atoms with Crippen molar-refractivity contribution in [2.24, 2.45) is 10.9 Å². The Morgan fingerprint density at radius 3 is 2.45 bits per heavy atom. The number of benzene rings is 2. The van der Waals surface area contributed by atoms with Crippen molar-refractivity contribution in [3.05, 3.63) is 66.4 Å². The van der Waals surface area contributed by atoms with E-state index in [1.807, 2.05) is 65.5 Å². The molecule has 2 N–H and O–H groups in total. The van der Waals surface area contributed by atoms with Crippen LogP contribution in [0.3, 0.4) is 0 Å². The number of hydrazone groups is 1. The van der Waals surface area contributed by atoms with Gasteiger partial charge in [0, 0.05) is 17.3 Å². The van der Waals surface area contributed by atoms with Crippen molar-refractivity contribution in [1.82, 2.24) is 9.78 Å². The number of nitrogens with zero attached hydrogens (tertiary/aromatic N) is 3. The Labute approximate surface area is 128 Å². The molecule has 110 valence electrons. The van der Waals surface area contributed by atoms with E-state index in [2.05, 4.69) is 10.2 Å². The maximum atomic E-state index is 5.31. The molecule has 1 heterocycles. The molecule has 2 aromatic carbocycles. The van der Waals surface area contributed by atoms with E-state index in [0.717, 1.165) is 28.3 Å². The van der Waals surface area contributed by atoms with E-state index in [0.29, 0.717) is 0 Å². The van der Waals surface area contributed by atoms with Crippen molar-refractivity contribution in [2.45, 2.75) is 0 Å². The fourth-order valence-electron chi connectivity index (χ4n) is 2.25. The minimum Gasteiger partial charge on any atom is -0.497 e. The minimum atomic E-state index is 0.806. The van der Waals surface area contributed by atoms with Gasteiger partial charge in [0.15, 0.2) is 0 Å². The fourth-order valence-corrected chi connectivity index (χ4v) is 2.25. The molecule has 22 heavy (non-hydrogen) atoms. The van der Waals surface area contributed by atoms with Gasteiger partial charge < -0.3 is 10.6 Å². The molecule has 0 unspecified atom stereocenters. The maximum Gasteiger partial charge on any atom is 0.118 e. The van der Waals surface area contributed by atoms with Gasteiger partial charge in [-0.1, -0.05) is 18.2 Å². The van der Waals surface area contributed by atoms with Crippen LogP contribution in [-0.2, 0) is 0 Å². The Morgan fingerprint density at radius 1 is 1.09 bits per heavy atom. The predicted octanol–water partition coefficient (Wildman–Crippen LogP) is 2.84. The van der Waals surface area contributed by atoms with Gasteiger partial charge in [0.25, 0.3) is 0 Å². The highest BCUT2D eigenvalue weighted by Crippen LogP contribution is 2.24. The summed E-state index contributed by atoms with van der Waals surface area (Å²) in [4.78, 5) is 0. The highest BCUT2D eigenvalue weighted by Gasteiger charge is 2.11. The molecule has 1 aromatic heterocycles. The first kappa shape index (κ1) is 13.9. The number of ether oxygens (including phenoxy) is 1. The number of nitrogens with two attached hydrogens (primary N) is 1. The molecule has 3 aromatic rings. The quantitative estimate of drug-likeness (QED) is 0.457. The average Bonchev–Trinajstić information content (AvgIpc) is 3.00. The summed E-state index contributed by atoms with van der Waals surface area (Å²) < 4.78 is 7.00. The molecule has 0 amide bonds. The number of para-hydroxylation sites is 1. The summed E-state index contributed by atoms with van der Waals surface area (Å²) in [6, 6.07) is 17.6. The molecule has 0 aliphatic carbocycles. The molecule has 5 nitrogen and oxygen atoms in total. The summed E-state index contributed by atoms with van der Waals surface area (Å²) in [6.07, 6.45) is 3.51. The Hall–Kier alpha value is -3.08. The topological polar surface area (TPSA) is 65.4 Å². The van der Waals surface area contributed by atoms with Crippen LogP contribution in [0.25, 0.3) is 16.9 Å². The van der Waals surface area contributed by atoms with E-state index < -0.39 is 0 Å². The van der Waals surface area contributed by atoms with Crippen molar-refractivity contribution in [1.29, 1.82) is 0 Å². The zero-order valence-electron chi connectivity index (χ0n) is 12.2. The first-order valence-corrected chi connectivity index (χ1v) is 6.84. The van der Waals surface area contributed by atoms with Crippen molar-refractivity contribution in [3.63, 3.8) is 0 Å². The number of hydrogen-bond acceptors (Lipinski definition) is 4. The van der Waals surface area contributed by atoms with Crippen LogP contribution in [0, 0.1) is 0 Å². The third-order valence-corrected chi connectivity index (χ3v) is 3.34. The lowest BCUT2D eigenvalue weighted by atomic mass is 10.1. The van der Waals surface area contributed by atoms with Crippen LogP contribution in [-0.4, -0.2) is 23.1 Å². The average molecular weight is 292 g/mol. The van der Waals surface area contributed by atoms with E-state index in [1.54, 1.807) is 13.3 Å².